The first-order valence-corrected chi connectivity index (χ1v) is 10.4. The van der Waals surface area contributed by atoms with Gasteiger partial charge in [-0.1, -0.05) is 48.0 Å². The first kappa shape index (κ1) is 18.9. The molecule has 1 aliphatic rings. The highest BCUT2D eigenvalue weighted by Crippen LogP contribution is 2.23. The Morgan fingerprint density at radius 3 is 2.65 bits per heavy atom. The lowest BCUT2D eigenvalue weighted by molar-refractivity contribution is -0.138. The molecule has 0 spiro atoms. The van der Waals surface area contributed by atoms with Gasteiger partial charge in [-0.3, -0.25) is 4.79 Å². The second-order valence-corrected chi connectivity index (χ2v) is 8.68. The van der Waals surface area contributed by atoms with Gasteiger partial charge in [0.15, 0.2) is 9.84 Å². The van der Waals surface area contributed by atoms with E-state index in [2.05, 4.69) is 0 Å². The maximum absolute atomic E-state index is 12.5. The van der Waals surface area contributed by atoms with Gasteiger partial charge in [0.05, 0.1) is 23.8 Å². The van der Waals surface area contributed by atoms with E-state index in [1.165, 1.54) is 12.1 Å². The molecule has 7 heteroatoms. The average Bonchev–Trinajstić information content (AvgIpc) is 2.67. The van der Waals surface area contributed by atoms with Crippen LogP contribution in [0.25, 0.3) is 0 Å². The van der Waals surface area contributed by atoms with Crippen molar-refractivity contribution in [2.75, 3.05) is 25.4 Å². The van der Waals surface area contributed by atoms with Crippen molar-refractivity contribution in [1.82, 2.24) is 4.90 Å². The van der Waals surface area contributed by atoms with E-state index in [1.807, 2.05) is 30.3 Å². The molecule has 3 rings (SSSR count). The maximum atomic E-state index is 12.5. The summed E-state index contributed by atoms with van der Waals surface area (Å²) in [5.41, 5.74) is 1.01. The van der Waals surface area contributed by atoms with Crippen LogP contribution in [0.1, 0.15) is 18.1 Å². The highest BCUT2D eigenvalue weighted by atomic mass is 35.5. The van der Waals surface area contributed by atoms with Gasteiger partial charge in [-0.25, -0.2) is 8.42 Å². The average molecular weight is 394 g/mol. The van der Waals surface area contributed by atoms with Crippen LogP contribution in [0, 0.1) is 0 Å². The van der Waals surface area contributed by atoms with E-state index in [9.17, 15) is 13.2 Å². The summed E-state index contributed by atoms with van der Waals surface area (Å²) in [6, 6.07) is 15.8. The van der Waals surface area contributed by atoms with E-state index in [-0.39, 0.29) is 29.1 Å². The molecule has 26 heavy (non-hydrogen) atoms. The molecule has 1 heterocycles. The fourth-order valence-electron chi connectivity index (χ4n) is 2.90. The summed E-state index contributed by atoms with van der Waals surface area (Å²) in [4.78, 5) is 14.3. The van der Waals surface area contributed by atoms with Crippen molar-refractivity contribution in [3.8, 4) is 0 Å². The van der Waals surface area contributed by atoms with Crippen LogP contribution in [0.5, 0.6) is 0 Å². The summed E-state index contributed by atoms with van der Waals surface area (Å²) < 4.78 is 30.6. The van der Waals surface area contributed by atoms with Crippen molar-refractivity contribution in [3.05, 3.63) is 65.2 Å². The predicted octanol–water partition coefficient (Wildman–Crippen LogP) is 3.10. The normalized spacial score (nSPS) is 17.9. The molecule has 0 N–H and O–H groups in total. The van der Waals surface area contributed by atoms with Crippen LogP contribution < -0.4 is 0 Å². The molecule has 138 valence electrons. The van der Waals surface area contributed by atoms with Gasteiger partial charge < -0.3 is 9.64 Å². The molecule has 1 aliphatic heterocycles. The summed E-state index contributed by atoms with van der Waals surface area (Å²) in [6.07, 6.45) is -0.241. The SMILES string of the molecule is O=C(CCS(=O)(=O)c1cccc(Cl)c1)N1CCOC(c2ccccc2)C1. The third-order valence-electron chi connectivity index (χ3n) is 4.33. The third kappa shape index (κ3) is 4.63. The molecular weight excluding hydrogens is 374 g/mol. The van der Waals surface area contributed by atoms with Crippen LogP contribution in [-0.4, -0.2) is 44.7 Å². The first-order chi connectivity index (χ1) is 12.5. The zero-order valence-corrected chi connectivity index (χ0v) is 15.7. The quantitative estimate of drug-likeness (QED) is 0.783. The number of hydrogen-bond donors (Lipinski definition) is 0. The largest absolute Gasteiger partial charge is 0.370 e. The number of morpholine rings is 1. The van der Waals surface area contributed by atoms with E-state index in [0.29, 0.717) is 24.7 Å². The zero-order chi connectivity index (χ0) is 18.6. The molecule has 1 fully saturated rings. The van der Waals surface area contributed by atoms with Crippen LogP contribution in [0.3, 0.4) is 0 Å². The minimum atomic E-state index is -3.55. The Bertz CT molecular complexity index is 870. The second kappa shape index (κ2) is 8.20. The minimum absolute atomic E-state index is 0.0592. The Labute approximate surface area is 158 Å². The molecule has 0 bridgehead atoms. The summed E-state index contributed by atoms with van der Waals surface area (Å²) in [5.74, 6) is -0.417. The summed E-state index contributed by atoms with van der Waals surface area (Å²) >= 11 is 5.86. The Hall–Kier alpha value is -1.89. The van der Waals surface area contributed by atoms with Crippen molar-refractivity contribution < 1.29 is 17.9 Å². The number of sulfone groups is 1. The number of carbonyl (C=O) groups excluding carboxylic acids is 1. The Morgan fingerprint density at radius 1 is 1.15 bits per heavy atom. The highest BCUT2D eigenvalue weighted by Gasteiger charge is 2.26. The molecule has 1 amide bonds. The van der Waals surface area contributed by atoms with Crippen LogP contribution in [0.15, 0.2) is 59.5 Å². The van der Waals surface area contributed by atoms with E-state index in [4.69, 9.17) is 16.3 Å². The number of hydrogen-bond acceptors (Lipinski definition) is 4. The van der Waals surface area contributed by atoms with Gasteiger partial charge in [-0.05, 0) is 23.8 Å². The summed E-state index contributed by atoms with van der Waals surface area (Å²) in [7, 11) is -3.55. The number of rotatable bonds is 5. The van der Waals surface area contributed by atoms with Crippen molar-refractivity contribution >= 4 is 27.3 Å². The molecule has 0 radical (unpaired) electrons. The molecule has 0 aromatic heterocycles. The number of carbonyl (C=O) groups is 1. The molecule has 1 atom stereocenters. The number of halogens is 1. The van der Waals surface area contributed by atoms with Crippen LogP contribution >= 0.6 is 11.6 Å². The molecule has 1 unspecified atom stereocenters. The first-order valence-electron chi connectivity index (χ1n) is 8.38. The topological polar surface area (TPSA) is 63.7 Å². The Kier molecular flexibility index (Phi) is 5.96. The van der Waals surface area contributed by atoms with Gasteiger partial charge in [0.25, 0.3) is 0 Å². The predicted molar refractivity (Wildman–Crippen MR) is 99.8 cm³/mol. The molecule has 5 nitrogen and oxygen atoms in total. The molecule has 0 aliphatic carbocycles. The number of nitrogens with zero attached hydrogens (tertiary/aromatic N) is 1. The van der Waals surface area contributed by atoms with E-state index in [1.54, 1.807) is 17.0 Å². The molecule has 0 saturated carbocycles. The molecule has 2 aromatic rings. The Balaban J connectivity index is 1.61. The monoisotopic (exact) mass is 393 g/mol. The fraction of sp³-hybridized carbons (Fsp3) is 0.316. The van der Waals surface area contributed by atoms with E-state index < -0.39 is 9.84 Å². The van der Waals surface area contributed by atoms with Crippen LogP contribution in [0.4, 0.5) is 0 Å². The van der Waals surface area contributed by atoms with Crippen LogP contribution in [-0.2, 0) is 19.4 Å². The summed E-state index contributed by atoms with van der Waals surface area (Å²) in [6.45, 7) is 1.34. The molecule has 2 aromatic carbocycles. The van der Waals surface area contributed by atoms with Gasteiger partial charge in [-0.15, -0.1) is 0 Å². The second-order valence-electron chi connectivity index (χ2n) is 6.14. The van der Waals surface area contributed by atoms with Gasteiger partial charge in [0, 0.05) is 18.0 Å². The van der Waals surface area contributed by atoms with Crippen molar-refractivity contribution in [2.24, 2.45) is 0 Å². The van der Waals surface area contributed by atoms with Crippen molar-refractivity contribution in [3.63, 3.8) is 0 Å². The number of benzene rings is 2. The molecule has 1 saturated heterocycles. The summed E-state index contributed by atoms with van der Waals surface area (Å²) in [5, 5.41) is 0.358. The Morgan fingerprint density at radius 2 is 1.92 bits per heavy atom. The fourth-order valence-corrected chi connectivity index (χ4v) is 4.43. The lowest BCUT2D eigenvalue weighted by Crippen LogP contribution is -2.42. The number of amides is 1. The van der Waals surface area contributed by atoms with Gasteiger partial charge >= 0.3 is 0 Å². The number of ether oxygens (including phenoxy) is 1. The third-order valence-corrected chi connectivity index (χ3v) is 6.28. The lowest BCUT2D eigenvalue weighted by atomic mass is 10.1. The van der Waals surface area contributed by atoms with E-state index in [0.717, 1.165) is 5.56 Å². The minimum Gasteiger partial charge on any atom is -0.370 e. The highest BCUT2D eigenvalue weighted by molar-refractivity contribution is 7.91. The zero-order valence-electron chi connectivity index (χ0n) is 14.2. The van der Waals surface area contributed by atoms with E-state index >= 15 is 0 Å². The maximum Gasteiger partial charge on any atom is 0.223 e. The van der Waals surface area contributed by atoms with Gasteiger partial charge in [0.2, 0.25) is 5.91 Å². The van der Waals surface area contributed by atoms with Crippen molar-refractivity contribution in [1.29, 1.82) is 0 Å². The van der Waals surface area contributed by atoms with Crippen LogP contribution in [0.2, 0.25) is 5.02 Å². The van der Waals surface area contributed by atoms with Gasteiger partial charge in [-0.2, -0.15) is 0 Å². The lowest BCUT2D eigenvalue weighted by Gasteiger charge is -2.33. The van der Waals surface area contributed by atoms with Gasteiger partial charge in [0.1, 0.15) is 6.10 Å². The molecular formula is C19H20ClNO4S. The van der Waals surface area contributed by atoms with Crippen molar-refractivity contribution in [2.45, 2.75) is 17.4 Å². The smallest absolute Gasteiger partial charge is 0.223 e. The standard InChI is InChI=1S/C19H20ClNO4S/c20-16-7-4-8-17(13-16)26(23,24)12-9-19(22)21-10-11-25-18(14-21)15-5-2-1-3-6-15/h1-8,13,18H,9-12,14H2.